The summed E-state index contributed by atoms with van der Waals surface area (Å²) < 4.78 is 0. The molecule has 1 N–H and O–H groups in total. The fourth-order valence-corrected chi connectivity index (χ4v) is 4.52. The molecule has 0 spiro atoms. The highest BCUT2D eigenvalue weighted by molar-refractivity contribution is 6.18. The monoisotopic (exact) mass is 391 g/mol. The van der Waals surface area contributed by atoms with Gasteiger partial charge in [0.1, 0.15) is 0 Å². The summed E-state index contributed by atoms with van der Waals surface area (Å²) in [7, 11) is 0. The standard InChI is InChI=1S/C23H25N3O3/c1-14(2)25-21(28)17-9-5-6-11-19(17)26-20(27)12-13-23(25,26)22(29)24-18-10-7-8-15(3)16(18)4/h5-11,14H,12-13H2,1-4H3,(H,24,29)/t23-/m1/s1. The molecule has 0 bridgehead atoms. The van der Waals surface area contributed by atoms with Crippen LogP contribution in [-0.4, -0.2) is 34.3 Å². The molecule has 1 atom stereocenters. The zero-order valence-electron chi connectivity index (χ0n) is 17.2. The third-order valence-electron chi connectivity index (χ3n) is 6.03. The van der Waals surface area contributed by atoms with Crippen molar-refractivity contribution in [2.75, 3.05) is 10.2 Å². The lowest BCUT2D eigenvalue weighted by atomic mass is 9.93. The highest BCUT2D eigenvalue weighted by Gasteiger charge is 2.61. The molecule has 2 aromatic carbocycles. The number of nitrogens with zero attached hydrogens (tertiary/aromatic N) is 2. The van der Waals surface area contributed by atoms with Crippen LogP contribution in [0.4, 0.5) is 11.4 Å². The highest BCUT2D eigenvalue weighted by atomic mass is 16.2. The lowest BCUT2D eigenvalue weighted by Gasteiger charge is -2.50. The summed E-state index contributed by atoms with van der Waals surface area (Å²) in [5, 5.41) is 3.01. The van der Waals surface area contributed by atoms with E-state index in [1.165, 1.54) is 4.90 Å². The number of hydrogen-bond donors (Lipinski definition) is 1. The number of fused-ring (bicyclic) bond motifs is 3. The normalized spacial score (nSPS) is 20.7. The molecule has 2 heterocycles. The van der Waals surface area contributed by atoms with Crippen LogP contribution >= 0.6 is 0 Å². The minimum atomic E-state index is -1.37. The van der Waals surface area contributed by atoms with Gasteiger partial charge >= 0.3 is 0 Å². The number of aryl methyl sites for hydroxylation is 1. The largest absolute Gasteiger partial charge is 0.322 e. The Morgan fingerprint density at radius 3 is 2.52 bits per heavy atom. The highest BCUT2D eigenvalue weighted by Crippen LogP contribution is 2.46. The van der Waals surface area contributed by atoms with Crippen LogP contribution in [0.2, 0.25) is 0 Å². The second-order valence-corrected chi connectivity index (χ2v) is 8.03. The molecule has 150 valence electrons. The maximum Gasteiger partial charge on any atom is 0.271 e. The lowest BCUT2D eigenvalue weighted by Crippen LogP contribution is -2.70. The average molecular weight is 391 g/mol. The zero-order valence-corrected chi connectivity index (χ0v) is 17.2. The molecule has 0 aliphatic carbocycles. The Bertz CT molecular complexity index is 1030. The van der Waals surface area contributed by atoms with Crippen LogP contribution in [0.15, 0.2) is 42.5 Å². The van der Waals surface area contributed by atoms with E-state index in [0.717, 1.165) is 11.1 Å². The van der Waals surface area contributed by atoms with Crippen molar-refractivity contribution in [3.05, 3.63) is 59.2 Å². The van der Waals surface area contributed by atoms with E-state index in [1.807, 2.05) is 45.9 Å². The second-order valence-electron chi connectivity index (χ2n) is 8.03. The van der Waals surface area contributed by atoms with E-state index in [1.54, 1.807) is 29.2 Å². The molecule has 3 amide bonds. The van der Waals surface area contributed by atoms with Crippen LogP contribution in [0.1, 0.15) is 48.2 Å². The maximum atomic E-state index is 13.8. The Balaban J connectivity index is 1.88. The van der Waals surface area contributed by atoms with Crippen LogP contribution in [0.25, 0.3) is 0 Å². The molecular formula is C23H25N3O3. The fourth-order valence-electron chi connectivity index (χ4n) is 4.52. The third kappa shape index (κ3) is 2.66. The van der Waals surface area contributed by atoms with Gasteiger partial charge in [-0.25, -0.2) is 0 Å². The van der Waals surface area contributed by atoms with Crippen molar-refractivity contribution in [2.45, 2.75) is 52.2 Å². The first-order chi connectivity index (χ1) is 13.8. The predicted octanol–water partition coefficient (Wildman–Crippen LogP) is 3.63. The number of nitrogens with one attached hydrogen (secondary N) is 1. The quantitative estimate of drug-likeness (QED) is 0.869. The van der Waals surface area contributed by atoms with E-state index < -0.39 is 5.66 Å². The Hall–Kier alpha value is -3.15. The number of hydrogen-bond acceptors (Lipinski definition) is 3. The molecule has 6 nitrogen and oxygen atoms in total. The van der Waals surface area contributed by atoms with Crippen molar-refractivity contribution in [3.63, 3.8) is 0 Å². The van der Waals surface area contributed by atoms with Crippen LogP contribution in [0, 0.1) is 13.8 Å². The Morgan fingerprint density at radius 1 is 1.07 bits per heavy atom. The Labute approximate surface area is 170 Å². The van der Waals surface area contributed by atoms with Gasteiger partial charge in [-0.05, 0) is 57.0 Å². The summed E-state index contributed by atoms with van der Waals surface area (Å²) in [6, 6.07) is 12.5. The van der Waals surface area contributed by atoms with Gasteiger partial charge in [-0.15, -0.1) is 0 Å². The number of rotatable bonds is 3. The van der Waals surface area contributed by atoms with E-state index in [2.05, 4.69) is 5.32 Å². The molecule has 4 rings (SSSR count). The average Bonchev–Trinajstić information content (AvgIpc) is 3.03. The van der Waals surface area contributed by atoms with Crippen LogP contribution in [0.3, 0.4) is 0 Å². The summed E-state index contributed by atoms with van der Waals surface area (Å²) >= 11 is 0. The van der Waals surface area contributed by atoms with Gasteiger partial charge in [-0.2, -0.15) is 0 Å². The summed E-state index contributed by atoms with van der Waals surface area (Å²) in [4.78, 5) is 43.2. The van der Waals surface area contributed by atoms with Gasteiger partial charge in [0.15, 0.2) is 0 Å². The first-order valence-corrected chi connectivity index (χ1v) is 9.92. The Morgan fingerprint density at radius 2 is 1.79 bits per heavy atom. The molecule has 0 saturated carbocycles. The van der Waals surface area contributed by atoms with E-state index in [0.29, 0.717) is 16.9 Å². The van der Waals surface area contributed by atoms with E-state index in [9.17, 15) is 14.4 Å². The van der Waals surface area contributed by atoms with Gasteiger partial charge in [-0.1, -0.05) is 24.3 Å². The smallest absolute Gasteiger partial charge is 0.271 e. The second kappa shape index (κ2) is 6.72. The van der Waals surface area contributed by atoms with Crippen molar-refractivity contribution in [3.8, 4) is 0 Å². The van der Waals surface area contributed by atoms with Gasteiger partial charge < -0.3 is 10.2 Å². The molecule has 2 aliphatic rings. The van der Waals surface area contributed by atoms with E-state index in [-0.39, 0.29) is 36.6 Å². The van der Waals surface area contributed by atoms with Gasteiger partial charge in [0, 0.05) is 24.6 Å². The molecule has 1 fully saturated rings. The summed E-state index contributed by atoms with van der Waals surface area (Å²) in [5.41, 5.74) is 2.31. The van der Waals surface area contributed by atoms with Gasteiger partial charge in [-0.3, -0.25) is 19.3 Å². The van der Waals surface area contributed by atoms with Crippen molar-refractivity contribution < 1.29 is 14.4 Å². The van der Waals surface area contributed by atoms with E-state index >= 15 is 0 Å². The first kappa shape index (κ1) is 19.2. The molecule has 6 heteroatoms. The number of benzene rings is 2. The van der Waals surface area contributed by atoms with Gasteiger partial charge in [0.05, 0.1) is 11.3 Å². The molecule has 2 aliphatic heterocycles. The van der Waals surface area contributed by atoms with Crippen molar-refractivity contribution >= 4 is 29.1 Å². The number of para-hydroxylation sites is 1. The summed E-state index contributed by atoms with van der Waals surface area (Å²) in [5.74, 6) is -0.724. The molecular weight excluding hydrogens is 366 g/mol. The van der Waals surface area contributed by atoms with Gasteiger partial charge in [0.2, 0.25) is 11.6 Å². The minimum Gasteiger partial charge on any atom is -0.322 e. The summed E-state index contributed by atoms with van der Waals surface area (Å²) in [6.45, 7) is 7.68. The zero-order chi connectivity index (χ0) is 20.9. The van der Waals surface area contributed by atoms with Crippen molar-refractivity contribution in [2.24, 2.45) is 0 Å². The van der Waals surface area contributed by atoms with Crippen LogP contribution < -0.4 is 10.2 Å². The van der Waals surface area contributed by atoms with Gasteiger partial charge in [0.25, 0.3) is 11.8 Å². The fraction of sp³-hybridized carbons (Fsp3) is 0.348. The van der Waals surface area contributed by atoms with Crippen LogP contribution in [0.5, 0.6) is 0 Å². The number of anilines is 2. The van der Waals surface area contributed by atoms with Crippen LogP contribution in [-0.2, 0) is 9.59 Å². The number of amides is 3. The van der Waals surface area contributed by atoms with Crippen molar-refractivity contribution in [1.29, 1.82) is 0 Å². The molecule has 0 radical (unpaired) electrons. The van der Waals surface area contributed by atoms with E-state index in [4.69, 9.17) is 0 Å². The first-order valence-electron chi connectivity index (χ1n) is 9.92. The molecule has 2 aromatic rings. The molecule has 1 saturated heterocycles. The number of carbonyl (C=O) groups is 3. The third-order valence-corrected chi connectivity index (χ3v) is 6.03. The Kier molecular flexibility index (Phi) is 4.45. The molecule has 0 aromatic heterocycles. The lowest BCUT2D eigenvalue weighted by molar-refractivity contribution is -0.129. The molecule has 0 unspecified atom stereocenters. The maximum absolute atomic E-state index is 13.8. The number of carbonyl (C=O) groups excluding carboxylic acids is 3. The predicted molar refractivity (Wildman–Crippen MR) is 112 cm³/mol. The summed E-state index contributed by atoms with van der Waals surface area (Å²) in [6.07, 6.45) is 0.478. The SMILES string of the molecule is Cc1cccc(NC(=O)[C@@]23CCC(=O)N2c2ccccc2C(=O)N3C(C)C)c1C. The minimum absolute atomic E-state index is 0.147. The van der Waals surface area contributed by atoms with Crippen molar-refractivity contribution in [1.82, 2.24) is 4.90 Å². The molecule has 29 heavy (non-hydrogen) atoms. The topological polar surface area (TPSA) is 69.7 Å².